The van der Waals surface area contributed by atoms with E-state index in [0.29, 0.717) is 0 Å². The van der Waals surface area contributed by atoms with Crippen LogP contribution in [0.4, 0.5) is 0 Å². The first-order valence-electron chi connectivity index (χ1n) is 6.22. The van der Waals surface area contributed by atoms with Gasteiger partial charge >= 0.3 is 0 Å². The Bertz CT molecular complexity index is 262. The molecular formula is C13H24N2S2. The molecule has 0 radical (unpaired) electrons. The van der Waals surface area contributed by atoms with Gasteiger partial charge in [0, 0.05) is 13.1 Å². The van der Waals surface area contributed by atoms with E-state index >= 15 is 0 Å². The predicted octanol–water partition coefficient (Wildman–Crippen LogP) is 2.57. The second kappa shape index (κ2) is 9.95. The molecule has 1 N–H and O–H groups in total. The molecule has 0 unspecified atom stereocenters. The Labute approximate surface area is 114 Å². The van der Waals surface area contributed by atoms with Gasteiger partial charge in [0.2, 0.25) is 0 Å². The van der Waals surface area contributed by atoms with E-state index in [4.69, 9.17) is 0 Å². The molecule has 2 nitrogen and oxygen atoms in total. The second-order valence-corrected chi connectivity index (χ2v) is 6.05. The molecule has 0 saturated carbocycles. The van der Waals surface area contributed by atoms with Crippen LogP contribution in [-0.2, 0) is 6.42 Å². The lowest BCUT2D eigenvalue weighted by molar-refractivity contribution is 0.333. The lowest BCUT2D eigenvalue weighted by atomic mass is 10.2. The van der Waals surface area contributed by atoms with Crippen LogP contribution in [0.5, 0.6) is 0 Å². The Kier molecular flexibility index (Phi) is 8.79. The topological polar surface area (TPSA) is 15.3 Å². The minimum atomic E-state index is 1.09. The number of rotatable bonds is 10. The van der Waals surface area contributed by atoms with Crippen LogP contribution in [0, 0.1) is 0 Å². The molecule has 0 aromatic carbocycles. The minimum absolute atomic E-state index is 1.09. The van der Waals surface area contributed by atoms with Crippen LogP contribution in [0.1, 0.15) is 12.0 Å². The Morgan fingerprint density at radius 1 is 1.35 bits per heavy atom. The van der Waals surface area contributed by atoms with E-state index in [1.165, 1.54) is 24.3 Å². The number of hydrogen-bond acceptors (Lipinski definition) is 4. The summed E-state index contributed by atoms with van der Waals surface area (Å²) in [6.07, 6.45) is 4.62. The van der Waals surface area contributed by atoms with E-state index in [1.54, 1.807) is 11.3 Å². The summed E-state index contributed by atoms with van der Waals surface area (Å²) in [4.78, 5) is 2.41. The first-order chi connectivity index (χ1) is 8.33. The highest BCUT2D eigenvalue weighted by Gasteiger charge is 1.97. The quantitative estimate of drug-likeness (QED) is 0.659. The predicted molar refractivity (Wildman–Crippen MR) is 81.4 cm³/mol. The van der Waals surface area contributed by atoms with Gasteiger partial charge in [-0.1, -0.05) is 0 Å². The van der Waals surface area contributed by atoms with E-state index in [1.807, 2.05) is 11.8 Å². The molecule has 17 heavy (non-hydrogen) atoms. The van der Waals surface area contributed by atoms with E-state index in [2.05, 4.69) is 40.3 Å². The summed E-state index contributed by atoms with van der Waals surface area (Å²) < 4.78 is 0. The van der Waals surface area contributed by atoms with Crippen molar-refractivity contribution in [2.75, 3.05) is 45.2 Å². The standard InChI is InChI=1S/C13H24N2S2/c1-15(8-3-10-16-2)9-7-14-6-4-13-5-11-17-12-13/h5,11-12,14H,3-4,6-10H2,1-2H3. The van der Waals surface area contributed by atoms with Crippen molar-refractivity contribution >= 4 is 23.1 Å². The SMILES string of the molecule is CSCCCN(C)CCNCCc1ccsc1. The van der Waals surface area contributed by atoms with Crippen LogP contribution >= 0.6 is 23.1 Å². The Morgan fingerprint density at radius 3 is 2.94 bits per heavy atom. The molecule has 1 aromatic rings. The molecule has 1 heterocycles. The zero-order valence-electron chi connectivity index (χ0n) is 10.9. The molecule has 0 fully saturated rings. The maximum absolute atomic E-state index is 3.50. The molecule has 1 rings (SSSR count). The maximum atomic E-state index is 3.50. The Morgan fingerprint density at radius 2 is 2.24 bits per heavy atom. The average Bonchev–Trinajstić information content (AvgIpc) is 2.82. The second-order valence-electron chi connectivity index (χ2n) is 4.28. The van der Waals surface area contributed by atoms with Crippen LogP contribution in [0.3, 0.4) is 0 Å². The molecule has 4 heteroatoms. The number of thiophene rings is 1. The molecule has 1 aromatic heterocycles. The normalized spacial score (nSPS) is 11.2. The van der Waals surface area contributed by atoms with Crippen LogP contribution in [0.2, 0.25) is 0 Å². The summed E-state index contributed by atoms with van der Waals surface area (Å²) in [5.74, 6) is 1.27. The number of hydrogen-bond donors (Lipinski definition) is 1. The van der Waals surface area contributed by atoms with Gasteiger partial charge in [0.05, 0.1) is 0 Å². The number of thioether (sulfide) groups is 1. The first kappa shape index (κ1) is 15.0. The summed E-state index contributed by atoms with van der Waals surface area (Å²) in [7, 11) is 2.21. The van der Waals surface area contributed by atoms with E-state index in [-0.39, 0.29) is 0 Å². The molecule has 0 atom stereocenters. The van der Waals surface area contributed by atoms with Gasteiger partial charge in [0.25, 0.3) is 0 Å². The molecule has 0 aliphatic rings. The third-order valence-electron chi connectivity index (χ3n) is 2.73. The monoisotopic (exact) mass is 272 g/mol. The van der Waals surface area contributed by atoms with Gasteiger partial charge in [-0.3, -0.25) is 0 Å². The third kappa shape index (κ3) is 7.82. The third-order valence-corrected chi connectivity index (χ3v) is 4.16. The fourth-order valence-electron chi connectivity index (χ4n) is 1.65. The highest BCUT2D eigenvalue weighted by atomic mass is 32.2. The summed E-state index contributed by atoms with van der Waals surface area (Å²) >= 11 is 3.71. The van der Waals surface area contributed by atoms with Gasteiger partial charge in [0.15, 0.2) is 0 Å². The van der Waals surface area contributed by atoms with Crippen LogP contribution in [0.25, 0.3) is 0 Å². The molecule has 0 spiro atoms. The fourth-order valence-corrected chi connectivity index (χ4v) is 2.77. The molecule has 0 bridgehead atoms. The van der Waals surface area contributed by atoms with E-state index in [0.717, 1.165) is 26.1 Å². The van der Waals surface area contributed by atoms with Crippen LogP contribution in [-0.4, -0.2) is 50.1 Å². The highest BCUT2D eigenvalue weighted by Crippen LogP contribution is 2.05. The summed E-state index contributed by atoms with van der Waals surface area (Å²) in [5.41, 5.74) is 1.45. The minimum Gasteiger partial charge on any atom is -0.315 e. The van der Waals surface area contributed by atoms with Crippen LogP contribution in [0.15, 0.2) is 16.8 Å². The van der Waals surface area contributed by atoms with Crippen molar-refractivity contribution in [2.24, 2.45) is 0 Å². The van der Waals surface area contributed by atoms with Crippen molar-refractivity contribution in [3.05, 3.63) is 22.4 Å². The van der Waals surface area contributed by atoms with Gasteiger partial charge in [-0.25, -0.2) is 0 Å². The first-order valence-corrected chi connectivity index (χ1v) is 8.56. The number of nitrogens with one attached hydrogen (secondary N) is 1. The molecule has 0 aliphatic carbocycles. The van der Waals surface area contributed by atoms with Gasteiger partial charge in [0.1, 0.15) is 0 Å². The molecule has 0 aliphatic heterocycles. The Balaban J connectivity index is 1.89. The maximum Gasteiger partial charge on any atom is 0.0104 e. The largest absolute Gasteiger partial charge is 0.315 e. The van der Waals surface area contributed by atoms with E-state index in [9.17, 15) is 0 Å². The van der Waals surface area contributed by atoms with Crippen molar-refractivity contribution in [3.63, 3.8) is 0 Å². The summed E-state index contributed by atoms with van der Waals surface area (Å²) in [6.45, 7) is 4.56. The zero-order valence-corrected chi connectivity index (χ0v) is 12.6. The van der Waals surface area contributed by atoms with Crippen molar-refractivity contribution in [2.45, 2.75) is 12.8 Å². The lowest BCUT2D eigenvalue weighted by Gasteiger charge is -2.16. The number of nitrogens with zero attached hydrogens (tertiary/aromatic N) is 1. The van der Waals surface area contributed by atoms with Gasteiger partial charge in [-0.15, -0.1) is 0 Å². The molecular weight excluding hydrogens is 248 g/mol. The van der Waals surface area contributed by atoms with Crippen molar-refractivity contribution in [1.29, 1.82) is 0 Å². The summed E-state index contributed by atoms with van der Waals surface area (Å²) in [5, 5.41) is 7.88. The molecule has 0 amide bonds. The molecule has 0 saturated heterocycles. The van der Waals surface area contributed by atoms with E-state index < -0.39 is 0 Å². The van der Waals surface area contributed by atoms with Gasteiger partial charge < -0.3 is 10.2 Å². The molecule has 98 valence electrons. The fraction of sp³-hybridized carbons (Fsp3) is 0.692. The lowest BCUT2D eigenvalue weighted by Crippen LogP contribution is -2.31. The summed E-state index contributed by atoms with van der Waals surface area (Å²) in [6, 6.07) is 2.21. The van der Waals surface area contributed by atoms with Gasteiger partial charge in [-0.2, -0.15) is 23.1 Å². The average molecular weight is 272 g/mol. The van der Waals surface area contributed by atoms with Crippen LogP contribution < -0.4 is 5.32 Å². The highest BCUT2D eigenvalue weighted by molar-refractivity contribution is 7.98. The zero-order chi connectivity index (χ0) is 12.3. The Hall–Kier alpha value is -0.0300. The van der Waals surface area contributed by atoms with Crippen molar-refractivity contribution in [1.82, 2.24) is 10.2 Å². The van der Waals surface area contributed by atoms with Crippen molar-refractivity contribution in [3.8, 4) is 0 Å². The number of likely N-dealkylation sites (N-methyl/N-ethyl adjacent to an activating group) is 1. The van der Waals surface area contributed by atoms with Gasteiger partial charge in [-0.05, 0) is 67.4 Å². The van der Waals surface area contributed by atoms with Crippen molar-refractivity contribution < 1.29 is 0 Å². The smallest absolute Gasteiger partial charge is 0.0104 e.